The zero-order valence-corrected chi connectivity index (χ0v) is 18.6. The van der Waals surface area contributed by atoms with Crippen LogP contribution in [0.3, 0.4) is 0 Å². The summed E-state index contributed by atoms with van der Waals surface area (Å²) >= 11 is 2.65. The highest BCUT2D eigenvalue weighted by Crippen LogP contribution is 2.51. The molecule has 0 aliphatic carbocycles. The Morgan fingerprint density at radius 1 is 1.41 bits per heavy atom. The van der Waals surface area contributed by atoms with E-state index in [2.05, 4.69) is 15.5 Å². The molecule has 32 heavy (non-hydrogen) atoms. The Labute approximate surface area is 190 Å². The van der Waals surface area contributed by atoms with Gasteiger partial charge in [0.15, 0.2) is 0 Å². The van der Waals surface area contributed by atoms with Gasteiger partial charge in [-0.2, -0.15) is 0 Å². The summed E-state index contributed by atoms with van der Waals surface area (Å²) in [6, 6.07) is 5.66. The minimum absolute atomic E-state index is 0.0641. The second-order valence-corrected chi connectivity index (χ2v) is 9.28. The minimum atomic E-state index is -0.844. The molecule has 1 amide bonds. The molecule has 168 valence electrons. The van der Waals surface area contributed by atoms with E-state index >= 15 is 0 Å². The number of carbonyl (C=O) groups is 2. The van der Waals surface area contributed by atoms with E-state index in [4.69, 9.17) is 4.74 Å². The molecule has 0 bridgehead atoms. The number of aliphatic hydroxyl groups excluding tert-OH is 1. The number of fused-ring (bicyclic) bond motifs is 1. The molecule has 0 unspecified atom stereocenters. The van der Waals surface area contributed by atoms with Gasteiger partial charge in [0, 0.05) is 29.8 Å². The summed E-state index contributed by atoms with van der Waals surface area (Å²) < 4.78 is 6.91. The lowest BCUT2D eigenvalue weighted by Gasteiger charge is -2.43. The first-order valence-corrected chi connectivity index (χ1v) is 11.3. The van der Waals surface area contributed by atoms with Gasteiger partial charge in [0.25, 0.3) is 5.69 Å². The SMILES string of the molecule is C[C@@H](O)[C@H]1C(=O)N2C(C(=O)OCc3ccc([N+](=O)[O-])cc3)=C(CSc3nnnn3C)S[C@H]12. The van der Waals surface area contributed by atoms with E-state index < -0.39 is 22.9 Å². The Balaban J connectivity index is 1.50. The fourth-order valence-corrected chi connectivity index (χ4v) is 5.90. The lowest BCUT2D eigenvalue weighted by molar-refractivity contribution is -0.384. The molecule has 1 aromatic heterocycles. The third-order valence-corrected chi connectivity index (χ3v) is 7.58. The number of nitro groups is 1. The highest BCUT2D eigenvalue weighted by Gasteiger charge is 2.57. The van der Waals surface area contributed by atoms with Crippen LogP contribution in [0.1, 0.15) is 12.5 Å². The number of β-lactam (4-membered cyclic amide) rings is 1. The number of benzene rings is 1. The fraction of sp³-hybridized carbons (Fsp3) is 0.389. The van der Waals surface area contributed by atoms with Gasteiger partial charge in [-0.1, -0.05) is 11.8 Å². The molecule has 0 spiro atoms. The third kappa shape index (κ3) is 4.08. The maximum atomic E-state index is 12.9. The number of non-ortho nitro benzene ring substituents is 1. The first-order valence-electron chi connectivity index (χ1n) is 9.44. The van der Waals surface area contributed by atoms with Crippen molar-refractivity contribution >= 4 is 41.1 Å². The molecule has 1 saturated heterocycles. The van der Waals surface area contributed by atoms with Crippen molar-refractivity contribution < 1.29 is 24.4 Å². The summed E-state index contributed by atoms with van der Waals surface area (Å²) in [6.45, 7) is 1.44. The maximum absolute atomic E-state index is 12.9. The number of esters is 1. The van der Waals surface area contributed by atoms with Gasteiger partial charge in [0.1, 0.15) is 17.7 Å². The Morgan fingerprint density at radius 2 is 2.12 bits per heavy atom. The number of aromatic nitrogens is 4. The van der Waals surface area contributed by atoms with Gasteiger partial charge in [0.2, 0.25) is 11.1 Å². The number of nitro benzene ring substituents is 1. The number of rotatable bonds is 8. The first kappa shape index (κ1) is 22.2. The summed E-state index contributed by atoms with van der Waals surface area (Å²) in [4.78, 5) is 37.8. The van der Waals surface area contributed by atoms with E-state index in [-0.39, 0.29) is 29.3 Å². The summed E-state index contributed by atoms with van der Waals surface area (Å²) in [7, 11) is 1.69. The average molecular weight is 479 g/mol. The lowest BCUT2D eigenvalue weighted by Crippen LogP contribution is -2.60. The lowest BCUT2D eigenvalue weighted by atomic mass is 9.92. The van der Waals surface area contributed by atoms with Crippen LogP contribution in [0.25, 0.3) is 0 Å². The Morgan fingerprint density at radius 3 is 2.72 bits per heavy atom. The second kappa shape index (κ2) is 8.88. The molecule has 1 fully saturated rings. The number of nitrogens with zero attached hydrogens (tertiary/aromatic N) is 6. The van der Waals surface area contributed by atoms with Gasteiger partial charge in [-0.15, -0.1) is 16.9 Å². The molecule has 3 heterocycles. The Bertz CT molecular complexity index is 1100. The van der Waals surface area contributed by atoms with Crippen LogP contribution in [0.4, 0.5) is 5.69 Å². The predicted molar refractivity (Wildman–Crippen MR) is 113 cm³/mol. The number of aryl methyl sites for hydroxylation is 1. The van der Waals surface area contributed by atoms with E-state index in [9.17, 15) is 24.8 Å². The predicted octanol–water partition coefficient (Wildman–Crippen LogP) is 1.08. The van der Waals surface area contributed by atoms with Gasteiger partial charge in [0.05, 0.1) is 16.9 Å². The van der Waals surface area contributed by atoms with Gasteiger partial charge >= 0.3 is 5.97 Å². The summed E-state index contributed by atoms with van der Waals surface area (Å²) in [5, 5.41) is 32.1. The molecule has 1 aromatic carbocycles. The number of amides is 1. The van der Waals surface area contributed by atoms with Crippen molar-refractivity contribution in [3.8, 4) is 0 Å². The van der Waals surface area contributed by atoms with Crippen LogP contribution in [0.5, 0.6) is 0 Å². The Hall–Kier alpha value is -2.97. The number of thioether (sulfide) groups is 2. The quantitative estimate of drug-likeness (QED) is 0.190. The number of hydrogen-bond donors (Lipinski definition) is 1. The molecular weight excluding hydrogens is 460 g/mol. The number of ether oxygens (including phenoxy) is 1. The van der Waals surface area contributed by atoms with Gasteiger partial charge in [-0.05, 0) is 35.0 Å². The minimum Gasteiger partial charge on any atom is -0.456 e. The smallest absolute Gasteiger partial charge is 0.356 e. The number of aliphatic hydroxyl groups is 1. The zero-order valence-electron chi connectivity index (χ0n) is 16.9. The molecule has 4 rings (SSSR count). The van der Waals surface area contributed by atoms with Gasteiger partial charge in [-0.25, -0.2) is 9.48 Å². The van der Waals surface area contributed by atoms with E-state index in [1.165, 1.54) is 57.4 Å². The number of tetrazole rings is 1. The van der Waals surface area contributed by atoms with Crippen molar-refractivity contribution in [2.24, 2.45) is 13.0 Å². The fourth-order valence-electron chi connectivity index (χ4n) is 3.35. The zero-order chi connectivity index (χ0) is 23.0. The van der Waals surface area contributed by atoms with E-state index in [1.807, 2.05) is 0 Å². The third-order valence-electron chi connectivity index (χ3n) is 5.00. The van der Waals surface area contributed by atoms with Gasteiger partial charge in [-0.3, -0.25) is 19.8 Å². The topological polar surface area (TPSA) is 154 Å². The van der Waals surface area contributed by atoms with Crippen LogP contribution < -0.4 is 0 Å². The van der Waals surface area contributed by atoms with Crippen molar-refractivity contribution in [2.45, 2.75) is 30.2 Å². The van der Waals surface area contributed by atoms with Crippen molar-refractivity contribution in [3.63, 3.8) is 0 Å². The van der Waals surface area contributed by atoms with E-state index in [0.29, 0.717) is 21.4 Å². The average Bonchev–Trinajstić information content (AvgIpc) is 3.31. The monoisotopic (exact) mass is 478 g/mol. The second-order valence-electron chi connectivity index (χ2n) is 7.13. The summed E-state index contributed by atoms with van der Waals surface area (Å²) in [6.07, 6.45) is -0.844. The van der Waals surface area contributed by atoms with E-state index in [0.717, 1.165) is 0 Å². The van der Waals surface area contributed by atoms with Crippen LogP contribution in [-0.2, 0) is 28.0 Å². The summed E-state index contributed by atoms with van der Waals surface area (Å²) in [5.41, 5.74) is 0.654. The number of carbonyl (C=O) groups excluding carboxylic acids is 2. The van der Waals surface area contributed by atoms with Crippen molar-refractivity contribution in [1.82, 2.24) is 25.1 Å². The Kier molecular flexibility index (Phi) is 6.17. The van der Waals surface area contributed by atoms with Crippen molar-refractivity contribution in [2.75, 3.05) is 5.75 Å². The molecule has 14 heteroatoms. The molecule has 0 radical (unpaired) electrons. The van der Waals surface area contributed by atoms with Crippen molar-refractivity contribution in [1.29, 1.82) is 0 Å². The van der Waals surface area contributed by atoms with Crippen LogP contribution in [0.15, 0.2) is 40.0 Å². The van der Waals surface area contributed by atoms with Crippen LogP contribution in [-0.4, -0.2) is 64.2 Å². The number of hydrogen-bond acceptors (Lipinski definition) is 11. The molecule has 12 nitrogen and oxygen atoms in total. The molecule has 3 atom stereocenters. The molecule has 1 N–H and O–H groups in total. The van der Waals surface area contributed by atoms with Crippen molar-refractivity contribution in [3.05, 3.63) is 50.5 Å². The maximum Gasteiger partial charge on any atom is 0.356 e. The highest BCUT2D eigenvalue weighted by atomic mass is 32.2. The summed E-state index contributed by atoms with van der Waals surface area (Å²) in [5.74, 6) is -1.27. The normalized spacial score (nSPS) is 20.7. The molecular formula is C18H18N6O6S2. The van der Waals surface area contributed by atoms with Crippen LogP contribution in [0, 0.1) is 16.0 Å². The standard InChI is InChI=1S/C18H18N6O6S2/c1-9(25)13-15(26)23-14(12(32-16(13)23)8-31-18-19-20-21-22(18)2)17(27)30-7-10-3-5-11(6-4-10)24(28)29/h3-6,9,13,16,25H,7-8H2,1-2H3/t9-,13+,16-/m1/s1. The van der Waals surface area contributed by atoms with E-state index in [1.54, 1.807) is 14.0 Å². The molecule has 2 aromatic rings. The first-order chi connectivity index (χ1) is 15.3. The van der Waals surface area contributed by atoms with Crippen LogP contribution >= 0.6 is 23.5 Å². The molecule has 0 saturated carbocycles. The largest absolute Gasteiger partial charge is 0.456 e. The van der Waals surface area contributed by atoms with Crippen LogP contribution in [0.2, 0.25) is 0 Å². The van der Waals surface area contributed by atoms with Gasteiger partial charge < -0.3 is 9.84 Å². The molecule has 2 aliphatic heterocycles. The molecule has 2 aliphatic rings. The highest BCUT2D eigenvalue weighted by molar-refractivity contribution is 8.06.